The lowest BCUT2D eigenvalue weighted by Crippen LogP contribution is -2.49. The zero-order chi connectivity index (χ0) is 21.1. The third-order valence-electron chi connectivity index (χ3n) is 6.51. The predicted molar refractivity (Wildman–Crippen MR) is 117 cm³/mol. The van der Waals surface area contributed by atoms with E-state index in [-0.39, 0.29) is 11.7 Å². The van der Waals surface area contributed by atoms with Crippen LogP contribution in [0.3, 0.4) is 0 Å². The number of carbonyl (C=O) groups excluding carboxylic acids is 1. The second-order valence-corrected chi connectivity index (χ2v) is 8.64. The van der Waals surface area contributed by atoms with Gasteiger partial charge in [0, 0.05) is 65.0 Å². The van der Waals surface area contributed by atoms with Gasteiger partial charge in [0.25, 0.3) is 5.91 Å². The highest BCUT2D eigenvalue weighted by Crippen LogP contribution is 2.25. The van der Waals surface area contributed by atoms with Gasteiger partial charge in [0.15, 0.2) is 0 Å². The van der Waals surface area contributed by atoms with Crippen molar-refractivity contribution in [2.24, 2.45) is 7.05 Å². The van der Waals surface area contributed by atoms with Crippen molar-refractivity contribution in [1.82, 2.24) is 19.3 Å². The van der Waals surface area contributed by atoms with Crippen molar-refractivity contribution in [1.29, 1.82) is 0 Å². The topological polar surface area (TPSA) is 31.7 Å². The lowest BCUT2D eigenvalue weighted by atomic mass is 10.1. The summed E-state index contributed by atoms with van der Waals surface area (Å²) >= 11 is 0. The summed E-state index contributed by atoms with van der Waals surface area (Å²) in [7, 11) is 2.02. The minimum Gasteiger partial charge on any atom is -0.343 e. The molecular weight excluding hydrogens is 379 g/mol. The lowest BCUT2D eigenvalue weighted by molar-refractivity contribution is 0.0626. The van der Waals surface area contributed by atoms with Gasteiger partial charge in [-0.3, -0.25) is 14.6 Å². The molecule has 0 bridgehead atoms. The van der Waals surface area contributed by atoms with E-state index in [0.29, 0.717) is 0 Å². The maximum Gasteiger partial charge on any atom is 0.270 e. The Balaban J connectivity index is 1.40. The molecule has 6 heteroatoms. The van der Waals surface area contributed by atoms with Gasteiger partial charge in [0.2, 0.25) is 0 Å². The molecule has 2 aromatic rings. The first-order valence-corrected chi connectivity index (χ1v) is 11.2. The molecule has 0 unspecified atom stereocenters. The summed E-state index contributed by atoms with van der Waals surface area (Å²) < 4.78 is 15.6. The van der Waals surface area contributed by atoms with E-state index in [0.717, 1.165) is 70.0 Å². The van der Waals surface area contributed by atoms with E-state index < -0.39 is 0 Å². The van der Waals surface area contributed by atoms with E-state index in [1.807, 2.05) is 18.0 Å². The van der Waals surface area contributed by atoms with E-state index in [2.05, 4.69) is 27.4 Å². The maximum atomic E-state index is 13.5. The number of aromatic nitrogens is 1. The van der Waals surface area contributed by atoms with Gasteiger partial charge in [-0.15, -0.1) is 0 Å². The Labute approximate surface area is 179 Å². The van der Waals surface area contributed by atoms with Crippen LogP contribution in [0.4, 0.5) is 4.39 Å². The summed E-state index contributed by atoms with van der Waals surface area (Å²) in [6, 6.07) is 8.91. The minimum atomic E-state index is -0.187. The quantitative estimate of drug-likeness (QED) is 0.730. The van der Waals surface area contributed by atoms with Crippen LogP contribution in [0.15, 0.2) is 30.3 Å². The standard InChI is InChI=1S/C24H33FN4O/c1-3-4-9-27-11-13-29(14-12-27)24(30)23-16-20-18-28(10-8-22(20)26(23)2)17-19-6-5-7-21(25)15-19/h5-7,15-16H,3-4,8-14,17-18H2,1-2H3. The van der Waals surface area contributed by atoms with Crippen LogP contribution in [0.1, 0.15) is 47.1 Å². The molecule has 1 saturated heterocycles. The lowest BCUT2D eigenvalue weighted by Gasteiger charge is -2.34. The molecule has 1 aromatic heterocycles. The normalized spacial score (nSPS) is 17.9. The molecule has 2 aliphatic rings. The number of hydrogen-bond acceptors (Lipinski definition) is 3. The van der Waals surface area contributed by atoms with Crippen LogP contribution in [0.2, 0.25) is 0 Å². The summed E-state index contributed by atoms with van der Waals surface area (Å²) in [5.74, 6) is -0.0358. The third kappa shape index (κ3) is 4.60. The average molecular weight is 413 g/mol. The van der Waals surface area contributed by atoms with Gasteiger partial charge < -0.3 is 9.47 Å². The van der Waals surface area contributed by atoms with Crippen molar-refractivity contribution in [3.05, 3.63) is 58.7 Å². The fourth-order valence-corrected chi connectivity index (χ4v) is 4.71. The average Bonchev–Trinajstić information content (AvgIpc) is 3.08. The Kier molecular flexibility index (Phi) is 6.54. The van der Waals surface area contributed by atoms with Gasteiger partial charge >= 0.3 is 0 Å². The van der Waals surface area contributed by atoms with Gasteiger partial charge in [-0.2, -0.15) is 0 Å². The summed E-state index contributed by atoms with van der Waals surface area (Å²) in [4.78, 5) is 20.0. The van der Waals surface area contributed by atoms with Crippen LogP contribution in [0.5, 0.6) is 0 Å². The van der Waals surface area contributed by atoms with Crippen molar-refractivity contribution in [3.63, 3.8) is 0 Å². The monoisotopic (exact) mass is 412 g/mol. The second kappa shape index (κ2) is 9.31. The molecule has 1 fully saturated rings. The van der Waals surface area contributed by atoms with Crippen molar-refractivity contribution < 1.29 is 9.18 Å². The number of fused-ring (bicyclic) bond motifs is 1. The third-order valence-corrected chi connectivity index (χ3v) is 6.51. The highest BCUT2D eigenvalue weighted by Gasteiger charge is 2.28. The fraction of sp³-hybridized carbons (Fsp3) is 0.542. The molecule has 0 radical (unpaired) electrons. The number of halogens is 1. The first kappa shape index (κ1) is 21.1. The van der Waals surface area contributed by atoms with Crippen molar-refractivity contribution in [3.8, 4) is 0 Å². The van der Waals surface area contributed by atoms with E-state index in [1.54, 1.807) is 12.1 Å². The highest BCUT2D eigenvalue weighted by molar-refractivity contribution is 5.93. The summed E-state index contributed by atoms with van der Waals surface area (Å²) in [5, 5.41) is 0. The highest BCUT2D eigenvalue weighted by atomic mass is 19.1. The number of piperazine rings is 1. The van der Waals surface area contributed by atoms with E-state index in [4.69, 9.17) is 0 Å². The molecule has 0 saturated carbocycles. The van der Waals surface area contributed by atoms with Gasteiger partial charge in [0.1, 0.15) is 11.5 Å². The van der Waals surface area contributed by atoms with E-state index >= 15 is 0 Å². The first-order valence-electron chi connectivity index (χ1n) is 11.2. The molecule has 1 amide bonds. The number of carbonyl (C=O) groups is 1. The molecule has 2 aliphatic heterocycles. The van der Waals surface area contributed by atoms with E-state index in [1.165, 1.54) is 30.2 Å². The van der Waals surface area contributed by atoms with Gasteiger partial charge in [0.05, 0.1) is 0 Å². The Morgan fingerprint density at radius 2 is 1.87 bits per heavy atom. The second-order valence-electron chi connectivity index (χ2n) is 8.64. The number of unbranched alkanes of at least 4 members (excludes halogenated alkanes) is 1. The molecule has 162 valence electrons. The molecule has 0 aliphatic carbocycles. The minimum absolute atomic E-state index is 0.152. The number of nitrogens with zero attached hydrogens (tertiary/aromatic N) is 4. The summed E-state index contributed by atoms with van der Waals surface area (Å²) in [6.07, 6.45) is 3.36. The zero-order valence-corrected chi connectivity index (χ0v) is 18.2. The van der Waals surface area contributed by atoms with Crippen LogP contribution in [-0.2, 0) is 26.6 Å². The predicted octanol–water partition coefficient (Wildman–Crippen LogP) is 3.28. The molecule has 0 atom stereocenters. The Hall–Kier alpha value is -2.18. The van der Waals surface area contributed by atoms with Crippen molar-refractivity contribution >= 4 is 5.91 Å². The van der Waals surface area contributed by atoms with Crippen LogP contribution in [0, 0.1) is 5.82 Å². The molecule has 5 nitrogen and oxygen atoms in total. The van der Waals surface area contributed by atoms with Crippen LogP contribution in [-0.4, -0.2) is 64.4 Å². The van der Waals surface area contributed by atoms with Crippen LogP contribution in [0.25, 0.3) is 0 Å². The molecule has 0 N–H and O–H groups in total. The summed E-state index contributed by atoms with van der Waals surface area (Å²) in [5.41, 5.74) is 4.28. The summed E-state index contributed by atoms with van der Waals surface area (Å²) in [6.45, 7) is 9.37. The first-order chi connectivity index (χ1) is 14.5. The van der Waals surface area contributed by atoms with Gasteiger partial charge in [-0.1, -0.05) is 25.5 Å². The number of benzene rings is 1. The molecule has 4 rings (SSSR count). The van der Waals surface area contributed by atoms with Crippen molar-refractivity contribution in [2.45, 2.75) is 39.3 Å². The Bertz CT molecular complexity index is 885. The molecule has 3 heterocycles. The van der Waals surface area contributed by atoms with Gasteiger partial charge in [-0.05, 0) is 42.3 Å². The largest absolute Gasteiger partial charge is 0.343 e. The number of rotatable bonds is 6. The zero-order valence-electron chi connectivity index (χ0n) is 18.2. The smallest absolute Gasteiger partial charge is 0.270 e. The van der Waals surface area contributed by atoms with Crippen molar-refractivity contribution in [2.75, 3.05) is 39.3 Å². The van der Waals surface area contributed by atoms with Gasteiger partial charge in [-0.25, -0.2) is 4.39 Å². The Morgan fingerprint density at radius 3 is 2.60 bits per heavy atom. The SMILES string of the molecule is CCCCN1CCN(C(=O)c2cc3c(n2C)CCN(Cc2cccc(F)c2)C3)CC1. The molecule has 0 spiro atoms. The molecular formula is C24H33FN4O. The maximum absolute atomic E-state index is 13.5. The Morgan fingerprint density at radius 1 is 1.07 bits per heavy atom. The molecule has 30 heavy (non-hydrogen) atoms. The van der Waals surface area contributed by atoms with Crippen LogP contribution >= 0.6 is 0 Å². The molecule has 1 aromatic carbocycles. The van der Waals surface area contributed by atoms with E-state index in [9.17, 15) is 9.18 Å². The van der Waals surface area contributed by atoms with Crippen LogP contribution < -0.4 is 0 Å². The fourth-order valence-electron chi connectivity index (χ4n) is 4.71. The number of hydrogen-bond donors (Lipinski definition) is 0. The number of amides is 1.